The van der Waals surface area contributed by atoms with Crippen LogP contribution >= 0.6 is 0 Å². The maximum Gasteiger partial charge on any atom is 0.126 e. The molecule has 1 aromatic carbocycles. The van der Waals surface area contributed by atoms with Crippen LogP contribution in [0.4, 0.5) is 5.82 Å². The van der Waals surface area contributed by atoms with E-state index in [2.05, 4.69) is 33.5 Å². The van der Waals surface area contributed by atoms with Gasteiger partial charge in [0.25, 0.3) is 0 Å². The molecule has 3 aromatic rings. The first-order valence-corrected chi connectivity index (χ1v) is 6.92. The summed E-state index contributed by atoms with van der Waals surface area (Å²) in [6.45, 7) is 1.99. The number of hydrogen-bond acceptors (Lipinski definition) is 4. The normalized spacial score (nSPS) is 12.5. The minimum absolute atomic E-state index is 0.00628. The van der Waals surface area contributed by atoms with Gasteiger partial charge in [-0.25, -0.2) is 9.97 Å². The molecule has 0 aliphatic carbocycles. The molecule has 0 aliphatic rings. The van der Waals surface area contributed by atoms with Crippen LogP contribution in [0.1, 0.15) is 6.92 Å². The van der Waals surface area contributed by atoms with Crippen LogP contribution in [0, 0.1) is 0 Å². The van der Waals surface area contributed by atoms with Crippen LogP contribution in [0.2, 0.25) is 0 Å². The van der Waals surface area contributed by atoms with Gasteiger partial charge in [-0.2, -0.15) is 0 Å². The molecule has 5 heteroatoms. The molecule has 2 heterocycles. The fraction of sp³-hybridized carbons (Fsp3) is 0.250. The van der Waals surface area contributed by atoms with Crippen molar-refractivity contribution in [1.29, 1.82) is 0 Å². The first-order chi connectivity index (χ1) is 10.2. The van der Waals surface area contributed by atoms with E-state index >= 15 is 0 Å². The molecule has 0 spiro atoms. The van der Waals surface area contributed by atoms with Gasteiger partial charge in [0.2, 0.25) is 0 Å². The van der Waals surface area contributed by atoms with Gasteiger partial charge in [0.05, 0.1) is 24.0 Å². The number of anilines is 1. The summed E-state index contributed by atoms with van der Waals surface area (Å²) in [5.41, 5.74) is 4.23. The molecule has 2 N–H and O–H groups in total. The maximum absolute atomic E-state index is 9.03. The second kappa shape index (κ2) is 5.54. The number of hydrogen-bond donors (Lipinski definition) is 2. The quantitative estimate of drug-likeness (QED) is 0.771. The molecule has 2 aromatic heterocycles. The average molecular weight is 282 g/mol. The van der Waals surface area contributed by atoms with Crippen LogP contribution in [0.15, 0.2) is 42.9 Å². The largest absolute Gasteiger partial charge is 0.394 e. The highest BCUT2D eigenvalue weighted by atomic mass is 16.3. The van der Waals surface area contributed by atoms with Crippen LogP contribution in [0.5, 0.6) is 0 Å². The smallest absolute Gasteiger partial charge is 0.126 e. The minimum Gasteiger partial charge on any atom is -0.394 e. The molecule has 1 atom stereocenters. The Morgan fingerprint density at radius 3 is 2.71 bits per heavy atom. The number of imidazole rings is 1. The predicted molar refractivity (Wildman–Crippen MR) is 84.1 cm³/mol. The molecule has 0 radical (unpaired) electrons. The summed E-state index contributed by atoms with van der Waals surface area (Å²) in [6.07, 6.45) is 3.65. The molecular formula is C16H18N4O. The summed E-state index contributed by atoms with van der Waals surface area (Å²) < 4.78 is 2.00. The van der Waals surface area contributed by atoms with E-state index in [1.165, 1.54) is 0 Å². The lowest BCUT2D eigenvalue weighted by molar-refractivity contribution is 0.281. The van der Waals surface area contributed by atoms with Crippen molar-refractivity contribution < 1.29 is 5.11 Å². The van der Waals surface area contributed by atoms with Gasteiger partial charge in [-0.3, -0.25) is 0 Å². The zero-order chi connectivity index (χ0) is 14.8. The Hall–Kier alpha value is -2.40. The third-order valence-electron chi connectivity index (χ3n) is 3.49. The Labute approximate surface area is 123 Å². The minimum atomic E-state index is -0.00628. The molecule has 0 unspecified atom stereocenters. The van der Waals surface area contributed by atoms with Gasteiger partial charge < -0.3 is 15.0 Å². The van der Waals surface area contributed by atoms with Crippen LogP contribution in [-0.4, -0.2) is 32.3 Å². The number of benzene rings is 1. The number of aliphatic hydroxyl groups excluding tert-OH is 1. The van der Waals surface area contributed by atoms with Crippen LogP contribution < -0.4 is 5.32 Å². The lowest BCUT2D eigenvalue weighted by Gasteiger charge is -2.11. The lowest BCUT2D eigenvalue weighted by Crippen LogP contribution is -2.19. The number of fused-ring (bicyclic) bond motifs is 1. The number of pyridine rings is 1. The van der Waals surface area contributed by atoms with E-state index < -0.39 is 0 Å². The molecule has 0 amide bonds. The molecule has 0 fully saturated rings. The van der Waals surface area contributed by atoms with Crippen molar-refractivity contribution in [2.75, 3.05) is 11.9 Å². The Morgan fingerprint density at radius 1 is 1.19 bits per heavy atom. The first kappa shape index (κ1) is 13.6. The van der Waals surface area contributed by atoms with Gasteiger partial charge in [0.15, 0.2) is 0 Å². The molecule has 0 aliphatic heterocycles. The summed E-state index contributed by atoms with van der Waals surface area (Å²) in [7, 11) is 1.99. The third kappa shape index (κ3) is 2.73. The maximum atomic E-state index is 9.03. The van der Waals surface area contributed by atoms with Crippen molar-refractivity contribution in [3.63, 3.8) is 0 Å². The highest BCUT2D eigenvalue weighted by molar-refractivity contribution is 5.82. The topological polar surface area (TPSA) is 63.0 Å². The van der Waals surface area contributed by atoms with E-state index in [9.17, 15) is 0 Å². The third-order valence-corrected chi connectivity index (χ3v) is 3.49. The number of nitrogens with one attached hydrogen (secondary N) is 1. The molecule has 0 saturated carbocycles. The molecule has 21 heavy (non-hydrogen) atoms. The van der Waals surface area contributed by atoms with Gasteiger partial charge in [0.1, 0.15) is 5.82 Å². The molecule has 3 rings (SSSR count). The van der Waals surface area contributed by atoms with E-state index in [0.29, 0.717) is 0 Å². The number of rotatable bonds is 4. The Kier molecular flexibility index (Phi) is 3.58. The Morgan fingerprint density at radius 2 is 2.00 bits per heavy atom. The second-order valence-corrected chi connectivity index (χ2v) is 5.22. The molecule has 108 valence electrons. The number of aliphatic hydroxyl groups is 1. The number of aryl methyl sites for hydroxylation is 1. The van der Waals surface area contributed by atoms with Crippen LogP contribution in [0.25, 0.3) is 22.2 Å². The fourth-order valence-corrected chi connectivity index (χ4v) is 2.26. The van der Waals surface area contributed by atoms with E-state index in [1.54, 1.807) is 0 Å². The first-order valence-electron chi connectivity index (χ1n) is 6.92. The van der Waals surface area contributed by atoms with E-state index in [-0.39, 0.29) is 12.6 Å². The fourth-order valence-electron chi connectivity index (χ4n) is 2.26. The van der Waals surface area contributed by atoms with Crippen molar-refractivity contribution >= 4 is 16.9 Å². The summed E-state index contributed by atoms with van der Waals surface area (Å²) in [5.74, 6) is 0.763. The predicted octanol–water partition coefficient (Wildman–Crippen LogP) is 2.43. The van der Waals surface area contributed by atoms with Crippen LogP contribution in [-0.2, 0) is 7.05 Å². The van der Waals surface area contributed by atoms with Crippen LogP contribution in [0.3, 0.4) is 0 Å². The summed E-state index contributed by atoms with van der Waals surface area (Å²) in [4.78, 5) is 8.76. The van der Waals surface area contributed by atoms with Crippen molar-refractivity contribution in [3.05, 3.63) is 42.9 Å². The van der Waals surface area contributed by atoms with Gasteiger partial charge in [-0.15, -0.1) is 0 Å². The number of nitrogens with zero attached hydrogens (tertiary/aromatic N) is 3. The zero-order valence-electron chi connectivity index (χ0n) is 12.1. The van der Waals surface area contributed by atoms with E-state index in [0.717, 1.165) is 28.0 Å². The van der Waals surface area contributed by atoms with Crippen molar-refractivity contribution in [1.82, 2.24) is 14.5 Å². The SMILES string of the molecule is C[C@@H](CO)Nc1ccc(-c2ccc3c(c2)ncn3C)cn1. The van der Waals surface area contributed by atoms with E-state index in [1.807, 2.05) is 43.2 Å². The summed E-state index contributed by atoms with van der Waals surface area (Å²) in [5, 5.41) is 12.2. The molecular weight excluding hydrogens is 264 g/mol. The Balaban J connectivity index is 1.88. The molecule has 0 bridgehead atoms. The van der Waals surface area contributed by atoms with E-state index in [4.69, 9.17) is 5.11 Å². The molecule has 0 saturated heterocycles. The highest BCUT2D eigenvalue weighted by Crippen LogP contribution is 2.23. The lowest BCUT2D eigenvalue weighted by atomic mass is 10.1. The van der Waals surface area contributed by atoms with Gasteiger partial charge in [0, 0.05) is 24.8 Å². The summed E-state index contributed by atoms with van der Waals surface area (Å²) in [6, 6.07) is 10.1. The van der Waals surface area contributed by atoms with Crippen molar-refractivity contribution in [3.8, 4) is 11.1 Å². The van der Waals surface area contributed by atoms with Gasteiger partial charge >= 0.3 is 0 Å². The van der Waals surface area contributed by atoms with Gasteiger partial charge in [-0.1, -0.05) is 6.07 Å². The van der Waals surface area contributed by atoms with Crippen molar-refractivity contribution in [2.24, 2.45) is 7.05 Å². The molecule has 5 nitrogen and oxygen atoms in total. The highest BCUT2D eigenvalue weighted by Gasteiger charge is 2.05. The Bertz CT molecular complexity index is 749. The standard InChI is InChI=1S/C16H18N4O/c1-11(9-21)19-16-6-4-13(8-17-16)12-3-5-15-14(7-12)18-10-20(15)2/h3-8,10-11,21H,9H2,1-2H3,(H,17,19)/t11-/m0/s1. The zero-order valence-corrected chi connectivity index (χ0v) is 12.1. The van der Waals surface area contributed by atoms with Crippen molar-refractivity contribution in [2.45, 2.75) is 13.0 Å². The second-order valence-electron chi connectivity index (χ2n) is 5.22. The van der Waals surface area contributed by atoms with Gasteiger partial charge in [-0.05, 0) is 36.8 Å². The number of aromatic nitrogens is 3. The monoisotopic (exact) mass is 282 g/mol. The average Bonchev–Trinajstić information content (AvgIpc) is 2.89. The summed E-state index contributed by atoms with van der Waals surface area (Å²) >= 11 is 0.